The van der Waals surface area contributed by atoms with Crippen LogP contribution in [0.15, 0.2) is 28.9 Å². The van der Waals surface area contributed by atoms with Gasteiger partial charge in [0.15, 0.2) is 0 Å². The van der Waals surface area contributed by atoms with Crippen LogP contribution < -0.4 is 5.32 Å². The highest BCUT2D eigenvalue weighted by molar-refractivity contribution is 9.10. The molecule has 0 bridgehead atoms. The summed E-state index contributed by atoms with van der Waals surface area (Å²) in [6.45, 7) is 4.20. The Morgan fingerprint density at radius 2 is 2.05 bits per heavy atom. The molecule has 20 heavy (non-hydrogen) atoms. The summed E-state index contributed by atoms with van der Waals surface area (Å²) in [5, 5.41) is 13.2. The van der Waals surface area contributed by atoms with E-state index in [0.717, 1.165) is 31.5 Å². The first-order valence-electron chi connectivity index (χ1n) is 6.14. The average Bonchev–Trinajstić information content (AvgIpc) is 2.87. The first-order valence-corrected chi connectivity index (χ1v) is 7.75. The topological polar surface area (TPSA) is 63.6 Å². The van der Waals surface area contributed by atoms with Crippen molar-refractivity contribution in [3.05, 3.63) is 33.9 Å². The van der Waals surface area contributed by atoms with Gasteiger partial charge in [-0.15, -0.1) is 10.2 Å². The summed E-state index contributed by atoms with van der Waals surface area (Å²) < 4.78 is 0.910. The van der Waals surface area contributed by atoms with Crippen molar-refractivity contribution in [3.8, 4) is 0 Å². The molecule has 0 aliphatic carbocycles. The third kappa shape index (κ3) is 2.78. The lowest BCUT2D eigenvalue weighted by Gasteiger charge is -2.03. The number of hydrogen-bond donors (Lipinski definition) is 1. The minimum Gasteiger partial charge on any atom is -0.315 e. The SMILES string of the molecule is CC(C)c1nnc(Nc2ccc3ncc(Br)cc3n2)s1. The lowest BCUT2D eigenvalue weighted by atomic mass is 10.2. The van der Waals surface area contributed by atoms with E-state index in [1.807, 2.05) is 18.2 Å². The first kappa shape index (κ1) is 13.4. The zero-order chi connectivity index (χ0) is 14.1. The smallest absolute Gasteiger partial charge is 0.211 e. The Hall–Kier alpha value is -1.60. The van der Waals surface area contributed by atoms with E-state index in [4.69, 9.17) is 0 Å². The maximum absolute atomic E-state index is 4.52. The van der Waals surface area contributed by atoms with Crippen LogP contribution in [-0.4, -0.2) is 20.2 Å². The normalized spacial score (nSPS) is 11.2. The van der Waals surface area contributed by atoms with Gasteiger partial charge in [-0.05, 0) is 34.1 Å². The molecule has 0 unspecified atom stereocenters. The van der Waals surface area contributed by atoms with Gasteiger partial charge in [-0.25, -0.2) is 4.98 Å². The summed E-state index contributed by atoms with van der Waals surface area (Å²) >= 11 is 4.95. The summed E-state index contributed by atoms with van der Waals surface area (Å²) in [5.74, 6) is 1.12. The molecular formula is C13H12BrN5S. The van der Waals surface area contributed by atoms with Crippen LogP contribution in [0.25, 0.3) is 11.0 Å². The molecular weight excluding hydrogens is 338 g/mol. The van der Waals surface area contributed by atoms with E-state index in [2.05, 4.69) is 55.3 Å². The summed E-state index contributed by atoms with van der Waals surface area (Å²) in [6.07, 6.45) is 1.76. The van der Waals surface area contributed by atoms with Gasteiger partial charge in [-0.1, -0.05) is 25.2 Å². The summed E-state index contributed by atoms with van der Waals surface area (Å²) in [5.41, 5.74) is 1.69. The molecule has 0 atom stereocenters. The Labute approximate surface area is 128 Å². The molecule has 0 amide bonds. The van der Waals surface area contributed by atoms with E-state index in [1.165, 1.54) is 0 Å². The third-order valence-corrected chi connectivity index (χ3v) is 4.25. The number of rotatable bonds is 3. The number of aromatic nitrogens is 4. The zero-order valence-corrected chi connectivity index (χ0v) is 13.4. The Morgan fingerprint density at radius 1 is 1.20 bits per heavy atom. The minimum absolute atomic E-state index is 0.382. The summed E-state index contributed by atoms with van der Waals surface area (Å²) in [6, 6.07) is 5.76. The lowest BCUT2D eigenvalue weighted by Crippen LogP contribution is -1.94. The van der Waals surface area contributed by atoms with Gasteiger partial charge in [0, 0.05) is 16.6 Å². The van der Waals surface area contributed by atoms with Crippen molar-refractivity contribution in [1.82, 2.24) is 20.2 Å². The van der Waals surface area contributed by atoms with Crippen molar-refractivity contribution in [2.24, 2.45) is 0 Å². The van der Waals surface area contributed by atoms with Crippen LogP contribution in [0.5, 0.6) is 0 Å². The van der Waals surface area contributed by atoms with Crippen molar-refractivity contribution >= 4 is 49.2 Å². The van der Waals surface area contributed by atoms with Crippen LogP contribution in [0.4, 0.5) is 10.9 Å². The number of hydrogen-bond acceptors (Lipinski definition) is 6. The van der Waals surface area contributed by atoms with Gasteiger partial charge in [0.1, 0.15) is 10.8 Å². The van der Waals surface area contributed by atoms with Gasteiger partial charge in [0.05, 0.1) is 11.0 Å². The van der Waals surface area contributed by atoms with E-state index in [1.54, 1.807) is 17.5 Å². The molecule has 0 aliphatic rings. The minimum atomic E-state index is 0.382. The number of pyridine rings is 2. The second-order valence-corrected chi connectivity index (χ2v) is 6.54. The molecule has 102 valence electrons. The fourth-order valence-electron chi connectivity index (χ4n) is 1.68. The summed E-state index contributed by atoms with van der Waals surface area (Å²) in [7, 11) is 0. The number of anilines is 2. The molecule has 0 aliphatic heterocycles. The largest absolute Gasteiger partial charge is 0.315 e. The molecule has 1 N–H and O–H groups in total. The van der Waals surface area contributed by atoms with Gasteiger partial charge < -0.3 is 5.32 Å². The van der Waals surface area contributed by atoms with Gasteiger partial charge in [-0.3, -0.25) is 4.98 Å². The molecule has 0 spiro atoms. The van der Waals surface area contributed by atoms with Gasteiger partial charge >= 0.3 is 0 Å². The Balaban J connectivity index is 1.89. The average molecular weight is 350 g/mol. The van der Waals surface area contributed by atoms with E-state index in [0.29, 0.717) is 5.92 Å². The third-order valence-electron chi connectivity index (χ3n) is 2.67. The van der Waals surface area contributed by atoms with E-state index in [9.17, 15) is 0 Å². The Bertz CT molecular complexity index is 755. The fraction of sp³-hybridized carbons (Fsp3) is 0.231. The molecule has 0 saturated heterocycles. The highest BCUT2D eigenvalue weighted by Crippen LogP contribution is 2.25. The molecule has 7 heteroatoms. The standard InChI is InChI=1S/C13H12BrN5S/c1-7(2)12-18-19-13(20-12)17-11-4-3-9-10(16-11)5-8(14)6-15-9/h3-7H,1-2H3,(H,16,17,19). The molecule has 0 saturated carbocycles. The van der Waals surface area contributed by atoms with Crippen molar-refractivity contribution in [2.75, 3.05) is 5.32 Å². The first-order chi connectivity index (χ1) is 9.61. The van der Waals surface area contributed by atoms with Crippen LogP contribution in [0.2, 0.25) is 0 Å². The maximum Gasteiger partial charge on any atom is 0.211 e. The van der Waals surface area contributed by atoms with E-state index in [-0.39, 0.29) is 0 Å². The second-order valence-electron chi connectivity index (χ2n) is 4.61. The highest BCUT2D eigenvalue weighted by Gasteiger charge is 2.08. The Morgan fingerprint density at radius 3 is 2.80 bits per heavy atom. The molecule has 0 fully saturated rings. The van der Waals surface area contributed by atoms with Crippen LogP contribution in [0, 0.1) is 0 Å². The quantitative estimate of drug-likeness (QED) is 0.770. The maximum atomic E-state index is 4.52. The number of nitrogens with one attached hydrogen (secondary N) is 1. The van der Waals surface area contributed by atoms with Crippen molar-refractivity contribution in [1.29, 1.82) is 0 Å². The van der Waals surface area contributed by atoms with E-state index >= 15 is 0 Å². The van der Waals surface area contributed by atoms with Crippen molar-refractivity contribution in [3.63, 3.8) is 0 Å². The van der Waals surface area contributed by atoms with Gasteiger partial charge in [0.25, 0.3) is 0 Å². The molecule has 3 heterocycles. The molecule has 0 radical (unpaired) electrons. The fourth-order valence-corrected chi connectivity index (χ4v) is 2.75. The monoisotopic (exact) mass is 349 g/mol. The van der Waals surface area contributed by atoms with Gasteiger partial charge in [-0.2, -0.15) is 0 Å². The molecule has 3 aromatic heterocycles. The molecule has 3 rings (SSSR count). The lowest BCUT2D eigenvalue weighted by molar-refractivity contribution is 0.825. The predicted molar refractivity (Wildman–Crippen MR) is 84.5 cm³/mol. The van der Waals surface area contributed by atoms with Crippen LogP contribution in [-0.2, 0) is 0 Å². The second kappa shape index (κ2) is 5.41. The highest BCUT2D eigenvalue weighted by atomic mass is 79.9. The number of nitrogens with zero attached hydrogens (tertiary/aromatic N) is 4. The number of fused-ring (bicyclic) bond motifs is 1. The van der Waals surface area contributed by atoms with Crippen molar-refractivity contribution in [2.45, 2.75) is 19.8 Å². The molecule has 0 aromatic carbocycles. The molecule has 5 nitrogen and oxygen atoms in total. The van der Waals surface area contributed by atoms with Crippen LogP contribution >= 0.6 is 27.3 Å². The van der Waals surface area contributed by atoms with Crippen LogP contribution in [0.1, 0.15) is 24.8 Å². The summed E-state index contributed by atoms with van der Waals surface area (Å²) in [4.78, 5) is 8.81. The zero-order valence-electron chi connectivity index (χ0n) is 11.0. The van der Waals surface area contributed by atoms with E-state index < -0.39 is 0 Å². The predicted octanol–water partition coefficient (Wildman–Crippen LogP) is 4.11. The van der Waals surface area contributed by atoms with Crippen LogP contribution in [0.3, 0.4) is 0 Å². The Kier molecular flexibility index (Phi) is 3.62. The number of halogens is 1. The molecule has 3 aromatic rings. The van der Waals surface area contributed by atoms with Gasteiger partial charge in [0.2, 0.25) is 5.13 Å². The van der Waals surface area contributed by atoms with Crippen molar-refractivity contribution < 1.29 is 0 Å².